The zero-order chi connectivity index (χ0) is 18.6. The predicted octanol–water partition coefficient (Wildman–Crippen LogP) is 2.89. The van der Waals surface area contributed by atoms with Gasteiger partial charge in [-0.3, -0.25) is 0 Å². The molecule has 26 heavy (non-hydrogen) atoms. The van der Waals surface area contributed by atoms with Gasteiger partial charge in [-0.1, -0.05) is 64.9 Å². The van der Waals surface area contributed by atoms with Crippen LogP contribution in [0, 0.1) is 0 Å². The van der Waals surface area contributed by atoms with Gasteiger partial charge in [-0.15, -0.1) is 0 Å². The molecule has 0 fully saturated rings. The van der Waals surface area contributed by atoms with Gasteiger partial charge < -0.3 is 19.1 Å². The lowest BCUT2D eigenvalue weighted by atomic mass is 10.0. The average Bonchev–Trinajstić information content (AvgIpc) is 2.69. The van der Waals surface area contributed by atoms with Crippen molar-refractivity contribution in [3.05, 3.63) is 71.3 Å². The minimum atomic E-state index is -0.598. The van der Waals surface area contributed by atoms with Crippen molar-refractivity contribution in [2.45, 2.75) is 13.2 Å². The summed E-state index contributed by atoms with van der Waals surface area (Å²) in [6, 6.07) is 16.8. The topological polar surface area (TPSA) is 78.7 Å². The van der Waals surface area contributed by atoms with Gasteiger partial charge in [0.2, 0.25) is 6.40 Å². The number of esters is 1. The Hall–Kier alpha value is -3.35. The number of benzene rings is 2. The quantitative estimate of drug-likeness (QED) is 0.299. The molecule has 0 atom stereocenters. The predicted molar refractivity (Wildman–Crippen MR) is 96.5 cm³/mol. The maximum atomic E-state index is 11.9. The fourth-order valence-electron chi connectivity index (χ4n) is 2.14. The molecule has 0 aliphatic heterocycles. The van der Waals surface area contributed by atoms with E-state index in [-0.39, 0.29) is 12.3 Å². The summed E-state index contributed by atoms with van der Waals surface area (Å²) >= 11 is 0. The van der Waals surface area contributed by atoms with Crippen LogP contribution in [0.2, 0.25) is 0 Å². The molecule has 0 amide bonds. The van der Waals surface area contributed by atoms with Gasteiger partial charge in [0.15, 0.2) is 5.71 Å². The van der Waals surface area contributed by atoms with Crippen LogP contribution < -0.4 is 0 Å². The fraction of sp³-hybridized carbons (Fsp3) is 0.211. The normalized spacial score (nSPS) is 11.2. The number of methoxy groups -OCH3 is 1. The Labute approximate surface area is 151 Å². The summed E-state index contributed by atoms with van der Waals surface area (Å²) < 4.78 is 10.1. The Kier molecular flexibility index (Phi) is 7.67. The molecule has 2 rings (SSSR count). The molecule has 2 aromatic rings. The van der Waals surface area contributed by atoms with Crippen LogP contribution in [-0.2, 0) is 37.2 Å². The van der Waals surface area contributed by atoms with Crippen LogP contribution in [0.15, 0.2) is 64.9 Å². The molecule has 0 aliphatic carbocycles. The molecule has 0 radical (unpaired) electrons. The molecule has 7 heteroatoms. The van der Waals surface area contributed by atoms with E-state index in [0.717, 1.165) is 11.1 Å². The number of carbonyl (C=O) groups is 1. The van der Waals surface area contributed by atoms with Gasteiger partial charge in [0.1, 0.15) is 20.3 Å². The van der Waals surface area contributed by atoms with Crippen molar-refractivity contribution in [2.24, 2.45) is 10.3 Å². The largest absolute Gasteiger partial charge is 0.476 e. The van der Waals surface area contributed by atoms with E-state index in [9.17, 15) is 4.79 Å². The van der Waals surface area contributed by atoms with Crippen molar-refractivity contribution >= 4 is 18.1 Å². The first-order chi connectivity index (χ1) is 12.8. The van der Waals surface area contributed by atoms with Crippen LogP contribution in [-0.4, -0.2) is 32.3 Å². The molecule has 0 N–H and O–H groups in total. The second-order valence-electron chi connectivity index (χ2n) is 5.05. The van der Waals surface area contributed by atoms with E-state index in [1.54, 1.807) is 12.1 Å². The Morgan fingerprint density at radius 1 is 1.00 bits per heavy atom. The van der Waals surface area contributed by atoms with Crippen LogP contribution >= 0.6 is 0 Å². The first kappa shape index (κ1) is 19.0. The van der Waals surface area contributed by atoms with Crippen LogP contribution in [0.3, 0.4) is 0 Å². The monoisotopic (exact) mass is 356 g/mol. The lowest BCUT2D eigenvalue weighted by molar-refractivity contribution is -0.132. The molecular formula is C19H20N2O5. The molecule has 136 valence electrons. The number of oxime groups is 2. The van der Waals surface area contributed by atoms with Crippen molar-refractivity contribution in [1.29, 1.82) is 0 Å². The summed E-state index contributed by atoms with van der Waals surface area (Å²) in [7, 11) is 2.64. The standard InChI is InChI=1S/C19H20N2O5/c1-23-19(22)18(21-24-2)17-11-7-6-10-16(17)13-25-14-20-26-12-15-8-4-3-5-9-15/h3-11,14H,12-13H2,1-2H3. The van der Waals surface area contributed by atoms with Crippen LogP contribution in [0.25, 0.3) is 0 Å². The molecule has 7 nitrogen and oxygen atoms in total. The molecule has 0 saturated heterocycles. The Bertz CT molecular complexity index is 760. The highest BCUT2D eigenvalue weighted by Crippen LogP contribution is 2.13. The van der Waals surface area contributed by atoms with Crippen molar-refractivity contribution in [2.75, 3.05) is 14.2 Å². The molecule has 2 aromatic carbocycles. The molecule has 0 saturated carbocycles. The van der Waals surface area contributed by atoms with Gasteiger partial charge in [0.05, 0.1) is 7.11 Å². The number of rotatable bonds is 9. The molecule has 0 unspecified atom stereocenters. The van der Waals surface area contributed by atoms with Crippen molar-refractivity contribution in [3.63, 3.8) is 0 Å². The maximum absolute atomic E-state index is 11.9. The summed E-state index contributed by atoms with van der Waals surface area (Å²) in [5.41, 5.74) is 2.35. The van der Waals surface area contributed by atoms with Gasteiger partial charge in [-0.05, 0) is 11.1 Å². The minimum Gasteiger partial charge on any atom is -0.476 e. The van der Waals surface area contributed by atoms with Crippen LogP contribution in [0.1, 0.15) is 16.7 Å². The van der Waals surface area contributed by atoms with Gasteiger partial charge in [0, 0.05) is 5.56 Å². The third kappa shape index (κ3) is 5.62. The zero-order valence-corrected chi connectivity index (χ0v) is 14.6. The number of ether oxygens (including phenoxy) is 2. The second kappa shape index (κ2) is 10.5. The summed E-state index contributed by atoms with van der Waals surface area (Å²) in [5.74, 6) is -0.598. The van der Waals surface area contributed by atoms with Crippen molar-refractivity contribution < 1.29 is 23.9 Å². The van der Waals surface area contributed by atoms with Gasteiger partial charge in [-0.25, -0.2) is 4.79 Å². The minimum absolute atomic E-state index is 0.0615. The lowest BCUT2D eigenvalue weighted by Crippen LogP contribution is -2.19. The summed E-state index contributed by atoms with van der Waals surface area (Å²) in [5, 5.41) is 7.50. The molecular weight excluding hydrogens is 336 g/mol. The van der Waals surface area contributed by atoms with E-state index in [1.165, 1.54) is 20.6 Å². The molecule has 0 heterocycles. The molecule has 0 spiro atoms. The maximum Gasteiger partial charge on any atom is 0.360 e. The third-order valence-corrected chi connectivity index (χ3v) is 3.34. The SMILES string of the molecule is CON=C(C(=O)OC)c1ccccc1COC=NOCc1ccccc1. The van der Waals surface area contributed by atoms with Crippen LogP contribution in [0.4, 0.5) is 0 Å². The Balaban J connectivity index is 1.94. The summed E-state index contributed by atoms with van der Waals surface area (Å²) in [6.07, 6.45) is 1.21. The second-order valence-corrected chi connectivity index (χ2v) is 5.05. The summed E-state index contributed by atoms with van der Waals surface area (Å²) in [6.45, 7) is 0.526. The Morgan fingerprint density at radius 2 is 1.73 bits per heavy atom. The van der Waals surface area contributed by atoms with E-state index >= 15 is 0 Å². The first-order valence-corrected chi connectivity index (χ1v) is 7.83. The Morgan fingerprint density at radius 3 is 2.46 bits per heavy atom. The first-order valence-electron chi connectivity index (χ1n) is 7.83. The van der Waals surface area contributed by atoms with Crippen molar-refractivity contribution in [1.82, 2.24) is 0 Å². The number of nitrogens with zero attached hydrogens (tertiary/aromatic N) is 2. The van der Waals surface area contributed by atoms with E-state index in [4.69, 9.17) is 19.1 Å². The van der Waals surface area contributed by atoms with Gasteiger partial charge in [-0.2, -0.15) is 0 Å². The third-order valence-electron chi connectivity index (χ3n) is 3.34. The highest BCUT2D eigenvalue weighted by atomic mass is 16.6. The molecule has 0 aromatic heterocycles. The lowest BCUT2D eigenvalue weighted by Gasteiger charge is -2.09. The fourth-order valence-corrected chi connectivity index (χ4v) is 2.14. The van der Waals surface area contributed by atoms with E-state index in [2.05, 4.69) is 10.3 Å². The number of hydrogen-bond donors (Lipinski definition) is 0. The smallest absolute Gasteiger partial charge is 0.360 e. The van der Waals surface area contributed by atoms with Gasteiger partial charge in [0.25, 0.3) is 0 Å². The number of hydrogen-bond acceptors (Lipinski definition) is 7. The average molecular weight is 356 g/mol. The van der Waals surface area contributed by atoms with E-state index < -0.39 is 5.97 Å². The van der Waals surface area contributed by atoms with Crippen molar-refractivity contribution in [3.8, 4) is 0 Å². The summed E-state index contributed by atoms with van der Waals surface area (Å²) in [4.78, 5) is 21.8. The number of carbonyl (C=O) groups excluding carboxylic acids is 1. The highest BCUT2D eigenvalue weighted by molar-refractivity contribution is 6.43. The molecule has 0 bridgehead atoms. The van der Waals surface area contributed by atoms with Crippen LogP contribution in [0.5, 0.6) is 0 Å². The van der Waals surface area contributed by atoms with Gasteiger partial charge >= 0.3 is 5.97 Å². The van der Waals surface area contributed by atoms with E-state index in [0.29, 0.717) is 12.2 Å². The zero-order valence-electron chi connectivity index (χ0n) is 14.6. The van der Waals surface area contributed by atoms with E-state index in [1.807, 2.05) is 42.5 Å². The molecule has 0 aliphatic rings. The highest BCUT2D eigenvalue weighted by Gasteiger charge is 2.18.